The lowest BCUT2D eigenvalue weighted by molar-refractivity contribution is 0.251. The second-order valence-corrected chi connectivity index (χ2v) is 5.01. The molecule has 2 N–H and O–H groups in total. The van der Waals surface area contributed by atoms with Crippen LogP contribution in [0.3, 0.4) is 0 Å². The average Bonchev–Trinajstić information content (AvgIpc) is 2.60. The molecule has 2 rings (SSSR count). The summed E-state index contributed by atoms with van der Waals surface area (Å²) in [5.41, 5.74) is 1.79. The Labute approximate surface area is 136 Å². The van der Waals surface area contributed by atoms with E-state index in [1.807, 2.05) is 18.2 Å². The van der Waals surface area contributed by atoms with Crippen LogP contribution in [0.4, 0.5) is 10.5 Å². The fourth-order valence-corrected chi connectivity index (χ4v) is 2.27. The molecule has 0 aliphatic heterocycles. The molecule has 0 aliphatic carbocycles. The SMILES string of the molecule is COc1cccc(OC)c1NC(=O)NCCCc1ccccc1. The lowest BCUT2D eigenvalue weighted by Gasteiger charge is -2.14. The van der Waals surface area contributed by atoms with Crippen molar-refractivity contribution in [2.24, 2.45) is 0 Å². The Kier molecular flexibility index (Phi) is 6.29. The van der Waals surface area contributed by atoms with Gasteiger partial charge in [-0.05, 0) is 30.5 Å². The molecular formula is C18H22N2O3. The molecule has 0 bridgehead atoms. The van der Waals surface area contributed by atoms with Crippen LogP contribution in [0.1, 0.15) is 12.0 Å². The Morgan fingerprint density at radius 3 is 2.22 bits per heavy atom. The number of ether oxygens (including phenoxy) is 2. The van der Waals surface area contributed by atoms with Gasteiger partial charge in [0.1, 0.15) is 17.2 Å². The molecule has 0 fully saturated rings. The van der Waals surface area contributed by atoms with Gasteiger partial charge in [0.25, 0.3) is 0 Å². The number of carbonyl (C=O) groups excluding carboxylic acids is 1. The minimum Gasteiger partial charge on any atom is -0.494 e. The smallest absolute Gasteiger partial charge is 0.319 e. The largest absolute Gasteiger partial charge is 0.494 e. The predicted octanol–water partition coefficient (Wildman–Crippen LogP) is 3.46. The molecule has 0 saturated heterocycles. The maximum atomic E-state index is 12.0. The number of rotatable bonds is 7. The van der Waals surface area contributed by atoms with E-state index in [0.717, 1.165) is 12.8 Å². The Bertz CT molecular complexity index is 607. The summed E-state index contributed by atoms with van der Waals surface area (Å²) >= 11 is 0. The zero-order chi connectivity index (χ0) is 16.5. The summed E-state index contributed by atoms with van der Waals surface area (Å²) in [6, 6.07) is 15.3. The molecule has 2 amide bonds. The summed E-state index contributed by atoms with van der Waals surface area (Å²) in [6.07, 6.45) is 1.81. The fourth-order valence-electron chi connectivity index (χ4n) is 2.27. The Morgan fingerprint density at radius 1 is 0.957 bits per heavy atom. The van der Waals surface area contributed by atoms with E-state index in [1.165, 1.54) is 5.56 Å². The van der Waals surface area contributed by atoms with E-state index in [-0.39, 0.29) is 6.03 Å². The van der Waals surface area contributed by atoms with Gasteiger partial charge in [0.05, 0.1) is 14.2 Å². The maximum absolute atomic E-state index is 12.0. The van der Waals surface area contributed by atoms with Crippen LogP contribution in [0, 0.1) is 0 Å². The second-order valence-electron chi connectivity index (χ2n) is 5.01. The van der Waals surface area contributed by atoms with Gasteiger partial charge in [0, 0.05) is 6.54 Å². The summed E-state index contributed by atoms with van der Waals surface area (Å²) in [5.74, 6) is 1.12. The van der Waals surface area contributed by atoms with Crippen LogP contribution < -0.4 is 20.1 Å². The van der Waals surface area contributed by atoms with Crippen LogP contribution in [0.2, 0.25) is 0 Å². The number of hydrogen-bond donors (Lipinski definition) is 2. The number of hydrogen-bond acceptors (Lipinski definition) is 3. The molecule has 2 aromatic rings. The van der Waals surface area contributed by atoms with Crippen molar-refractivity contribution in [3.05, 3.63) is 54.1 Å². The van der Waals surface area contributed by atoms with Gasteiger partial charge in [-0.2, -0.15) is 0 Å². The number of carbonyl (C=O) groups is 1. The van der Waals surface area contributed by atoms with Crippen molar-refractivity contribution in [1.29, 1.82) is 0 Å². The molecule has 2 aromatic carbocycles. The highest BCUT2D eigenvalue weighted by Gasteiger charge is 2.12. The molecule has 0 saturated carbocycles. The topological polar surface area (TPSA) is 59.6 Å². The Morgan fingerprint density at radius 2 is 1.61 bits per heavy atom. The second kappa shape index (κ2) is 8.68. The van der Waals surface area contributed by atoms with Crippen molar-refractivity contribution in [2.45, 2.75) is 12.8 Å². The fraction of sp³-hybridized carbons (Fsp3) is 0.278. The lowest BCUT2D eigenvalue weighted by Crippen LogP contribution is -2.30. The quantitative estimate of drug-likeness (QED) is 0.770. The van der Waals surface area contributed by atoms with Gasteiger partial charge in [-0.3, -0.25) is 0 Å². The van der Waals surface area contributed by atoms with Crippen LogP contribution in [0.15, 0.2) is 48.5 Å². The molecule has 0 aromatic heterocycles. The minimum atomic E-state index is -0.277. The summed E-state index contributed by atoms with van der Waals surface area (Å²) in [7, 11) is 3.11. The van der Waals surface area contributed by atoms with Crippen LogP contribution in [-0.2, 0) is 6.42 Å². The first kappa shape index (κ1) is 16.7. The van der Waals surface area contributed by atoms with Gasteiger partial charge in [-0.15, -0.1) is 0 Å². The number of benzene rings is 2. The molecule has 0 radical (unpaired) electrons. The van der Waals surface area contributed by atoms with Crippen molar-refractivity contribution in [1.82, 2.24) is 5.32 Å². The third-order valence-corrected chi connectivity index (χ3v) is 3.44. The van der Waals surface area contributed by atoms with E-state index in [0.29, 0.717) is 23.7 Å². The van der Waals surface area contributed by atoms with Crippen LogP contribution in [0.25, 0.3) is 0 Å². The lowest BCUT2D eigenvalue weighted by atomic mass is 10.1. The van der Waals surface area contributed by atoms with E-state index >= 15 is 0 Å². The number of aryl methyl sites for hydroxylation is 1. The summed E-state index contributed by atoms with van der Waals surface area (Å²) in [5, 5.41) is 5.62. The zero-order valence-electron chi connectivity index (χ0n) is 13.5. The van der Waals surface area contributed by atoms with Gasteiger partial charge in [0.15, 0.2) is 0 Å². The summed E-state index contributed by atoms with van der Waals surface area (Å²) in [4.78, 5) is 12.0. The van der Waals surface area contributed by atoms with Crippen LogP contribution >= 0.6 is 0 Å². The van der Waals surface area contributed by atoms with Gasteiger partial charge in [0.2, 0.25) is 0 Å². The first-order valence-electron chi connectivity index (χ1n) is 7.54. The Hall–Kier alpha value is -2.69. The van der Waals surface area contributed by atoms with Crippen LogP contribution in [-0.4, -0.2) is 26.8 Å². The predicted molar refractivity (Wildman–Crippen MR) is 91.3 cm³/mol. The number of methoxy groups -OCH3 is 2. The number of amides is 2. The minimum absolute atomic E-state index is 0.277. The van der Waals surface area contributed by atoms with Crippen molar-refractivity contribution in [3.8, 4) is 11.5 Å². The molecule has 122 valence electrons. The van der Waals surface area contributed by atoms with E-state index < -0.39 is 0 Å². The van der Waals surface area contributed by atoms with Gasteiger partial charge in [-0.25, -0.2) is 4.79 Å². The molecule has 0 aliphatic rings. The molecule has 5 nitrogen and oxygen atoms in total. The average molecular weight is 314 g/mol. The van der Waals surface area contributed by atoms with Crippen molar-refractivity contribution in [3.63, 3.8) is 0 Å². The van der Waals surface area contributed by atoms with E-state index in [4.69, 9.17) is 9.47 Å². The molecule has 23 heavy (non-hydrogen) atoms. The summed E-state index contributed by atoms with van der Waals surface area (Å²) < 4.78 is 10.5. The standard InChI is InChI=1S/C18H22N2O3/c1-22-15-11-6-12-16(23-2)17(15)20-18(21)19-13-7-10-14-8-4-3-5-9-14/h3-6,8-9,11-12H,7,10,13H2,1-2H3,(H2,19,20,21). The maximum Gasteiger partial charge on any atom is 0.319 e. The number of para-hydroxylation sites is 1. The zero-order valence-corrected chi connectivity index (χ0v) is 13.5. The Balaban J connectivity index is 1.83. The van der Waals surface area contributed by atoms with E-state index in [9.17, 15) is 4.79 Å². The third kappa shape index (κ3) is 4.92. The molecule has 0 heterocycles. The van der Waals surface area contributed by atoms with E-state index in [2.05, 4.69) is 22.8 Å². The highest BCUT2D eigenvalue weighted by Crippen LogP contribution is 2.33. The monoisotopic (exact) mass is 314 g/mol. The number of nitrogens with one attached hydrogen (secondary N) is 2. The molecule has 5 heteroatoms. The first-order valence-corrected chi connectivity index (χ1v) is 7.54. The molecule has 0 spiro atoms. The summed E-state index contributed by atoms with van der Waals surface area (Å²) in [6.45, 7) is 0.595. The van der Waals surface area contributed by atoms with Crippen molar-refractivity contribution < 1.29 is 14.3 Å². The molecule has 0 unspecified atom stereocenters. The first-order chi connectivity index (χ1) is 11.2. The number of urea groups is 1. The van der Waals surface area contributed by atoms with Gasteiger partial charge >= 0.3 is 6.03 Å². The third-order valence-electron chi connectivity index (χ3n) is 3.44. The van der Waals surface area contributed by atoms with E-state index in [1.54, 1.807) is 32.4 Å². The highest BCUT2D eigenvalue weighted by molar-refractivity contribution is 5.92. The van der Waals surface area contributed by atoms with Crippen molar-refractivity contribution >= 4 is 11.7 Å². The van der Waals surface area contributed by atoms with Crippen molar-refractivity contribution in [2.75, 3.05) is 26.1 Å². The normalized spacial score (nSPS) is 10.0. The van der Waals surface area contributed by atoms with Gasteiger partial charge in [-0.1, -0.05) is 36.4 Å². The highest BCUT2D eigenvalue weighted by atomic mass is 16.5. The van der Waals surface area contributed by atoms with Crippen LogP contribution in [0.5, 0.6) is 11.5 Å². The molecular weight excluding hydrogens is 292 g/mol. The van der Waals surface area contributed by atoms with Gasteiger partial charge < -0.3 is 20.1 Å². The number of anilines is 1. The molecule has 0 atom stereocenters.